The van der Waals surface area contributed by atoms with Gasteiger partial charge in [-0.05, 0) is 25.3 Å². The first-order valence-corrected chi connectivity index (χ1v) is 7.32. The van der Waals surface area contributed by atoms with E-state index in [2.05, 4.69) is 35.4 Å². The third-order valence-corrected chi connectivity index (χ3v) is 4.42. The molecule has 1 aromatic heterocycles. The summed E-state index contributed by atoms with van der Waals surface area (Å²) in [5, 5.41) is 5.89. The summed E-state index contributed by atoms with van der Waals surface area (Å²) in [5.74, 6) is 0.133. The zero-order valence-electron chi connectivity index (χ0n) is 10.8. The molecule has 1 aliphatic carbocycles. The summed E-state index contributed by atoms with van der Waals surface area (Å²) >= 11 is 1.57. The van der Waals surface area contributed by atoms with Crippen molar-refractivity contribution in [1.82, 2.24) is 10.3 Å². The van der Waals surface area contributed by atoms with E-state index in [0.29, 0.717) is 6.54 Å². The average molecular weight is 272 g/mol. The summed E-state index contributed by atoms with van der Waals surface area (Å²) in [6, 6.07) is 8.27. The van der Waals surface area contributed by atoms with E-state index in [1.54, 1.807) is 17.5 Å². The molecule has 0 aliphatic heterocycles. The molecule has 3 rings (SSSR count). The molecule has 4 heteroatoms. The minimum Gasteiger partial charge on any atom is -0.349 e. The molecular formula is C15H16N2OS. The Hall–Kier alpha value is -1.68. The Morgan fingerprint density at radius 2 is 2.32 bits per heavy atom. The van der Waals surface area contributed by atoms with E-state index in [0.717, 1.165) is 23.4 Å². The fraction of sp³-hybridized carbons (Fsp3) is 0.333. The van der Waals surface area contributed by atoms with Crippen LogP contribution in [0.25, 0.3) is 0 Å². The molecule has 1 aromatic carbocycles. The number of carbonyl (C=O) groups excluding carboxylic acids is 1. The van der Waals surface area contributed by atoms with Gasteiger partial charge in [0.15, 0.2) is 0 Å². The quantitative estimate of drug-likeness (QED) is 0.930. The monoisotopic (exact) mass is 272 g/mol. The molecule has 1 saturated carbocycles. The van der Waals surface area contributed by atoms with Crippen molar-refractivity contribution in [3.8, 4) is 0 Å². The molecule has 1 heterocycles. The van der Waals surface area contributed by atoms with E-state index in [-0.39, 0.29) is 11.3 Å². The van der Waals surface area contributed by atoms with Gasteiger partial charge in [-0.25, -0.2) is 4.98 Å². The van der Waals surface area contributed by atoms with Crippen molar-refractivity contribution in [2.24, 2.45) is 0 Å². The van der Waals surface area contributed by atoms with Crippen LogP contribution in [0, 0.1) is 6.92 Å². The van der Waals surface area contributed by atoms with Gasteiger partial charge in [0.25, 0.3) is 0 Å². The average Bonchev–Trinajstić information content (AvgIpc) is 3.06. The van der Waals surface area contributed by atoms with Crippen LogP contribution >= 0.6 is 11.3 Å². The SMILES string of the molecule is Cc1cccc(C2(C(=O)NCc3nccs3)CC2)c1. The Balaban J connectivity index is 1.72. The van der Waals surface area contributed by atoms with Gasteiger partial charge < -0.3 is 5.32 Å². The Labute approximate surface area is 116 Å². The molecule has 0 spiro atoms. The Kier molecular flexibility index (Phi) is 3.11. The Bertz CT molecular complexity index is 588. The topological polar surface area (TPSA) is 42.0 Å². The third kappa shape index (κ3) is 2.40. The van der Waals surface area contributed by atoms with Crippen LogP contribution < -0.4 is 5.32 Å². The first-order chi connectivity index (χ1) is 9.21. The van der Waals surface area contributed by atoms with E-state index in [1.807, 2.05) is 11.4 Å². The molecule has 98 valence electrons. The van der Waals surface area contributed by atoms with Gasteiger partial charge in [-0.3, -0.25) is 4.79 Å². The van der Waals surface area contributed by atoms with Crippen LogP contribution in [0.4, 0.5) is 0 Å². The number of thiazole rings is 1. The minimum absolute atomic E-state index is 0.133. The lowest BCUT2D eigenvalue weighted by Crippen LogP contribution is -2.34. The van der Waals surface area contributed by atoms with Gasteiger partial charge in [0.05, 0.1) is 12.0 Å². The lowest BCUT2D eigenvalue weighted by atomic mass is 9.93. The fourth-order valence-corrected chi connectivity index (χ4v) is 2.94. The minimum atomic E-state index is -0.288. The van der Waals surface area contributed by atoms with E-state index in [1.165, 1.54) is 5.56 Å². The van der Waals surface area contributed by atoms with Crippen molar-refractivity contribution in [2.75, 3.05) is 0 Å². The largest absolute Gasteiger partial charge is 0.349 e. The summed E-state index contributed by atoms with van der Waals surface area (Å²) in [7, 11) is 0. The maximum Gasteiger partial charge on any atom is 0.231 e. The third-order valence-electron chi connectivity index (χ3n) is 3.64. The summed E-state index contributed by atoms with van der Waals surface area (Å²) in [4.78, 5) is 16.6. The number of hydrogen-bond acceptors (Lipinski definition) is 3. The van der Waals surface area contributed by atoms with Crippen molar-refractivity contribution in [3.05, 3.63) is 52.0 Å². The number of amides is 1. The Morgan fingerprint density at radius 3 is 2.95 bits per heavy atom. The molecule has 0 saturated heterocycles. The van der Waals surface area contributed by atoms with Crippen molar-refractivity contribution >= 4 is 17.2 Å². The first kappa shape index (κ1) is 12.4. The number of nitrogens with one attached hydrogen (secondary N) is 1. The molecule has 1 fully saturated rings. The second-order valence-corrected chi connectivity index (χ2v) is 6.04. The summed E-state index contributed by atoms with van der Waals surface area (Å²) in [5.41, 5.74) is 2.06. The van der Waals surface area contributed by atoms with E-state index >= 15 is 0 Å². The number of rotatable bonds is 4. The number of aryl methyl sites for hydroxylation is 1. The van der Waals surface area contributed by atoms with Crippen molar-refractivity contribution in [1.29, 1.82) is 0 Å². The molecule has 0 atom stereocenters. The van der Waals surface area contributed by atoms with Crippen molar-refractivity contribution in [2.45, 2.75) is 31.7 Å². The van der Waals surface area contributed by atoms with Crippen LogP contribution in [0.2, 0.25) is 0 Å². The number of aromatic nitrogens is 1. The van der Waals surface area contributed by atoms with Gasteiger partial charge >= 0.3 is 0 Å². The van der Waals surface area contributed by atoms with Gasteiger partial charge in [0.2, 0.25) is 5.91 Å². The number of benzene rings is 1. The lowest BCUT2D eigenvalue weighted by molar-refractivity contribution is -0.123. The predicted molar refractivity (Wildman–Crippen MR) is 76.1 cm³/mol. The molecule has 0 bridgehead atoms. The summed E-state index contributed by atoms with van der Waals surface area (Å²) < 4.78 is 0. The molecule has 1 aliphatic rings. The number of hydrogen-bond donors (Lipinski definition) is 1. The first-order valence-electron chi connectivity index (χ1n) is 6.44. The fourth-order valence-electron chi connectivity index (χ4n) is 2.38. The summed E-state index contributed by atoms with van der Waals surface area (Å²) in [6.07, 6.45) is 3.65. The van der Waals surface area contributed by atoms with Crippen molar-refractivity contribution < 1.29 is 4.79 Å². The highest BCUT2D eigenvalue weighted by atomic mass is 32.1. The van der Waals surface area contributed by atoms with Gasteiger partial charge in [-0.2, -0.15) is 0 Å². The Morgan fingerprint density at radius 1 is 1.47 bits per heavy atom. The van der Waals surface area contributed by atoms with E-state index in [9.17, 15) is 4.79 Å². The second kappa shape index (κ2) is 4.78. The molecule has 19 heavy (non-hydrogen) atoms. The maximum atomic E-state index is 12.4. The zero-order chi connectivity index (χ0) is 13.3. The predicted octanol–water partition coefficient (Wildman–Crippen LogP) is 2.80. The van der Waals surface area contributed by atoms with Gasteiger partial charge in [0, 0.05) is 11.6 Å². The second-order valence-electron chi connectivity index (χ2n) is 5.06. The highest BCUT2D eigenvalue weighted by Gasteiger charge is 2.51. The van der Waals surface area contributed by atoms with Crippen LogP contribution in [0.15, 0.2) is 35.8 Å². The zero-order valence-corrected chi connectivity index (χ0v) is 11.7. The van der Waals surface area contributed by atoms with Gasteiger partial charge in [-0.1, -0.05) is 29.8 Å². The molecule has 3 nitrogen and oxygen atoms in total. The standard InChI is InChI=1S/C15H16N2OS/c1-11-3-2-4-12(9-11)15(5-6-15)14(18)17-10-13-16-7-8-19-13/h2-4,7-9H,5-6,10H2,1H3,(H,17,18). The normalized spacial score (nSPS) is 16.1. The summed E-state index contributed by atoms with van der Waals surface area (Å²) in [6.45, 7) is 2.59. The van der Waals surface area contributed by atoms with Gasteiger partial charge in [0.1, 0.15) is 5.01 Å². The molecule has 1 N–H and O–H groups in total. The van der Waals surface area contributed by atoms with E-state index < -0.39 is 0 Å². The molecule has 0 unspecified atom stereocenters. The highest BCUT2D eigenvalue weighted by Crippen LogP contribution is 2.48. The molecular weight excluding hydrogens is 256 g/mol. The number of carbonyl (C=O) groups is 1. The van der Waals surface area contributed by atoms with Crippen LogP contribution in [-0.4, -0.2) is 10.9 Å². The van der Waals surface area contributed by atoms with Crippen LogP contribution in [0.1, 0.15) is 29.0 Å². The van der Waals surface area contributed by atoms with E-state index in [4.69, 9.17) is 0 Å². The van der Waals surface area contributed by atoms with Crippen LogP contribution in [0.5, 0.6) is 0 Å². The lowest BCUT2D eigenvalue weighted by Gasteiger charge is -2.15. The van der Waals surface area contributed by atoms with Crippen LogP contribution in [-0.2, 0) is 16.8 Å². The molecule has 1 amide bonds. The highest BCUT2D eigenvalue weighted by molar-refractivity contribution is 7.09. The number of nitrogens with zero attached hydrogens (tertiary/aromatic N) is 1. The van der Waals surface area contributed by atoms with Crippen molar-refractivity contribution in [3.63, 3.8) is 0 Å². The molecule has 2 aromatic rings. The van der Waals surface area contributed by atoms with Crippen LogP contribution in [0.3, 0.4) is 0 Å². The smallest absolute Gasteiger partial charge is 0.231 e. The molecule has 0 radical (unpaired) electrons. The maximum absolute atomic E-state index is 12.4. The van der Waals surface area contributed by atoms with Gasteiger partial charge in [-0.15, -0.1) is 11.3 Å².